The molecule has 32 heavy (non-hydrogen) atoms. The Morgan fingerprint density at radius 1 is 0.594 bits per heavy atom. The molecule has 0 aromatic rings. The number of hydrogen-bond donors (Lipinski definition) is 0. The van der Waals surface area contributed by atoms with Crippen molar-refractivity contribution in [1.29, 1.82) is 0 Å². The summed E-state index contributed by atoms with van der Waals surface area (Å²) in [7, 11) is -7.27. The number of hydrogen-bond acceptors (Lipinski definition) is 3. The molecule has 0 rings (SSSR count). The Morgan fingerprint density at radius 2 is 1.00 bits per heavy atom. The zero-order valence-electron chi connectivity index (χ0n) is 23.2. The number of unbranched alkanes of at least 4 members (excludes halogenated alkanes) is 13. The maximum atomic E-state index is 12.5. The van der Waals surface area contributed by atoms with Gasteiger partial charge >= 0.3 is 8.56 Å². The van der Waals surface area contributed by atoms with E-state index in [1.807, 2.05) is 0 Å². The van der Waals surface area contributed by atoms with Crippen molar-refractivity contribution in [1.82, 2.24) is 0 Å². The molecular formula is C25H58O3Si4. The molecule has 0 bridgehead atoms. The summed E-state index contributed by atoms with van der Waals surface area (Å²) in [5.74, 6) is 0. The molecule has 0 aromatic heterocycles. The maximum Gasteiger partial charge on any atom is 0.311 e. The van der Waals surface area contributed by atoms with E-state index < -0.39 is 33.9 Å². The van der Waals surface area contributed by atoms with Crippen LogP contribution >= 0.6 is 0 Å². The van der Waals surface area contributed by atoms with Crippen molar-refractivity contribution in [2.45, 2.75) is 161 Å². The lowest BCUT2D eigenvalue weighted by molar-refractivity contribution is 0.388. The van der Waals surface area contributed by atoms with Gasteiger partial charge < -0.3 is 12.7 Å². The van der Waals surface area contributed by atoms with Crippen molar-refractivity contribution in [2.75, 3.05) is 0 Å². The van der Waals surface area contributed by atoms with Crippen LogP contribution in [0.2, 0.25) is 57.0 Å². The molecule has 0 aromatic carbocycles. The quantitative estimate of drug-likeness (QED) is 0.106. The van der Waals surface area contributed by atoms with Crippen LogP contribution in [0.3, 0.4) is 0 Å². The van der Waals surface area contributed by atoms with Gasteiger partial charge in [0.05, 0.1) is 0 Å². The molecule has 3 nitrogen and oxygen atoms in total. The summed E-state index contributed by atoms with van der Waals surface area (Å²) in [6.07, 6.45) is 19.4. The van der Waals surface area contributed by atoms with Crippen molar-refractivity contribution in [3.05, 3.63) is 0 Å². The van der Waals surface area contributed by atoms with Crippen LogP contribution in [0.15, 0.2) is 0 Å². The molecule has 0 N–H and O–H groups in total. The summed E-state index contributed by atoms with van der Waals surface area (Å²) in [6.45, 7) is 17.8. The largest absolute Gasteiger partial charge is 0.437 e. The normalized spacial score (nSPS) is 14.5. The van der Waals surface area contributed by atoms with Crippen molar-refractivity contribution >= 4 is 33.9 Å². The molecule has 0 heterocycles. The van der Waals surface area contributed by atoms with Gasteiger partial charge in [-0.15, -0.1) is 0 Å². The maximum absolute atomic E-state index is 12.5. The van der Waals surface area contributed by atoms with Gasteiger partial charge in [-0.3, -0.25) is 0 Å². The van der Waals surface area contributed by atoms with E-state index in [0.717, 1.165) is 17.8 Å². The highest BCUT2D eigenvalue weighted by Crippen LogP contribution is 2.28. The first-order chi connectivity index (χ1) is 14.9. The van der Waals surface area contributed by atoms with Gasteiger partial charge in [0.15, 0.2) is 16.6 Å². The van der Waals surface area contributed by atoms with E-state index in [9.17, 15) is 4.46 Å². The molecule has 1 unspecified atom stereocenters. The first kappa shape index (κ1) is 32.6. The minimum absolute atomic E-state index is 0.812. The van der Waals surface area contributed by atoms with Crippen LogP contribution in [0, 0.1) is 0 Å². The van der Waals surface area contributed by atoms with E-state index in [-0.39, 0.29) is 0 Å². The third-order valence-electron chi connectivity index (χ3n) is 6.07. The fourth-order valence-electron chi connectivity index (χ4n) is 4.76. The Labute approximate surface area is 207 Å². The van der Waals surface area contributed by atoms with Crippen LogP contribution in [-0.4, -0.2) is 33.9 Å². The van der Waals surface area contributed by atoms with Gasteiger partial charge in [0, 0.05) is 5.67 Å². The van der Waals surface area contributed by atoms with Crippen molar-refractivity contribution in [2.24, 2.45) is 0 Å². The lowest BCUT2D eigenvalue weighted by Crippen LogP contribution is -2.53. The van der Waals surface area contributed by atoms with E-state index in [1.54, 1.807) is 0 Å². The molecule has 0 aliphatic carbocycles. The summed E-state index contributed by atoms with van der Waals surface area (Å²) in [5, 5.41) is 0. The molecule has 0 saturated carbocycles. The molecule has 0 aliphatic heterocycles. The highest BCUT2D eigenvalue weighted by Gasteiger charge is 2.41. The zero-order chi connectivity index (χ0) is 24.5. The fourth-order valence-corrected chi connectivity index (χ4v) is 23.3. The Balaban J connectivity index is 4.11. The van der Waals surface area contributed by atoms with Crippen LogP contribution in [0.25, 0.3) is 0 Å². The molecule has 0 radical (unpaired) electrons. The summed E-state index contributed by atoms with van der Waals surface area (Å²) in [4.78, 5) is 0. The van der Waals surface area contributed by atoms with Crippen LogP contribution < -0.4 is 0 Å². The Bertz CT molecular complexity index is 480. The smallest absolute Gasteiger partial charge is 0.311 e. The second-order valence-electron chi connectivity index (χ2n) is 11.6. The Hall–Kier alpha value is 0.588. The lowest BCUT2D eigenvalue weighted by atomic mass is 10.0. The second-order valence-corrected chi connectivity index (χ2v) is 26.8. The molecule has 0 aliphatic rings. The van der Waals surface area contributed by atoms with E-state index in [1.165, 1.54) is 89.9 Å². The highest BCUT2D eigenvalue weighted by molar-refractivity contribution is 6.90. The van der Waals surface area contributed by atoms with Crippen LogP contribution in [0.4, 0.5) is 0 Å². The van der Waals surface area contributed by atoms with Crippen molar-refractivity contribution in [3.63, 3.8) is 0 Å². The molecular weight excluding hydrogens is 461 g/mol. The first-order valence-electron chi connectivity index (χ1n) is 13.8. The molecule has 0 fully saturated rings. The molecule has 192 valence electrons. The summed E-state index contributed by atoms with van der Waals surface area (Å²) in [6, 6.07) is 1.96. The van der Waals surface area contributed by atoms with E-state index in [4.69, 9.17) is 8.23 Å². The average Bonchev–Trinajstić information content (AvgIpc) is 2.65. The van der Waals surface area contributed by atoms with Gasteiger partial charge in [0.1, 0.15) is 0 Å². The Morgan fingerprint density at radius 3 is 1.38 bits per heavy atom. The number of rotatable bonds is 22. The summed E-state index contributed by atoms with van der Waals surface area (Å²) in [5.41, 5.74) is 0.845. The van der Waals surface area contributed by atoms with Crippen LogP contribution in [-0.2, 0) is 12.7 Å². The predicted octanol–water partition coefficient (Wildman–Crippen LogP) is 9.59. The monoisotopic (exact) mass is 518 g/mol. The molecule has 0 saturated heterocycles. The minimum Gasteiger partial charge on any atom is -0.437 e. The van der Waals surface area contributed by atoms with Crippen LogP contribution in [0.1, 0.15) is 104 Å². The summed E-state index contributed by atoms with van der Waals surface area (Å²) >= 11 is 0. The standard InChI is InChI=1S/C25H58O3Si4/c1-9-11-12-13-14-15-16-17-18-19-20-21-22-23-24-32(8,25-29(26)10-2)28-31(6,7)27-30(3,4)5/h9-25H2,1-8H3. The van der Waals surface area contributed by atoms with Gasteiger partial charge in [-0.05, 0) is 51.4 Å². The third kappa shape index (κ3) is 20.0. The lowest BCUT2D eigenvalue weighted by Gasteiger charge is -2.39. The van der Waals surface area contributed by atoms with Gasteiger partial charge in [0.25, 0.3) is 8.68 Å². The fraction of sp³-hybridized carbons (Fsp3) is 1.00. The highest BCUT2D eigenvalue weighted by atomic mass is 28.5. The van der Waals surface area contributed by atoms with E-state index >= 15 is 0 Å². The zero-order valence-corrected chi connectivity index (χ0v) is 27.2. The first-order valence-corrected chi connectivity index (χ1v) is 24.7. The molecule has 0 spiro atoms. The van der Waals surface area contributed by atoms with Crippen molar-refractivity contribution in [3.8, 4) is 0 Å². The van der Waals surface area contributed by atoms with Gasteiger partial charge in [-0.1, -0.05) is 104 Å². The SMILES string of the molecule is CCCCCCCCCCCCCCCC[Si](C)(C[Si](=O)CC)O[Si](C)(C)O[Si](C)(C)C. The van der Waals surface area contributed by atoms with Crippen LogP contribution in [0.5, 0.6) is 0 Å². The molecule has 0 amide bonds. The van der Waals surface area contributed by atoms with Crippen molar-refractivity contribution < 1.29 is 12.7 Å². The van der Waals surface area contributed by atoms with Gasteiger partial charge in [-0.2, -0.15) is 0 Å². The van der Waals surface area contributed by atoms with Gasteiger partial charge in [-0.25, -0.2) is 0 Å². The summed E-state index contributed by atoms with van der Waals surface area (Å²) < 4.78 is 25.7. The predicted molar refractivity (Wildman–Crippen MR) is 151 cm³/mol. The molecule has 1 atom stereocenters. The topological polar surface area (TPSA) is 35.5 Å². The van der Waals surface area contributed by atoms with E-state index in [2.05, 4.69) is 53.1 Å². The average molecular weight is 519 g/mol. The third-order valence-corrected chi connectivity index (χ3v) is 21.2. The van der Waals surface area contributed by atoms with E-state index in [0.29, 0.717) is 0 Å². The minimum atomic E-state index is -2.16. The second kappa shape index (κ2) is 17.9. The van der Waals surface area contributed by atoms with Gasteiger partial charge in [0.2, 0.25) is 0 Å². The molecule has 7 heteroatoms. The Kier molecular flexibility index (Phi) is 18.3.